The quantitative estimate of drug-likeness (QED) is 0.352. The van der Waals surface area contributed by atoms with Gasteiger partial charge in [0.2, 0.25) is 17.7 Å². The summed E-state index contributed by atoms with van der Waals surface area (Å²) < 4.78 is 5.54. The third-order valence-corrected chi connectivity index (χ3v) is 7.11. The highest BCUT2D eigenvalue weighted by Crippen LogP contribution is 2.20. The van der Waals surface area contributed by atoms with E-state index in [4.69, 9.17) is 10.5 Å². The molecule has 0 aromatic heterocycles. The Labute approximate surface area is 231 Å². The molecule has 0 saturated carbocycles. The van der Waals surface area contributed by atoms with Gasteiger partial charge in [-0.3, -0.25) is 14.4 Å². The highest BCUT2D eigenvalue weighted by Gasteiger charge is 2.35. The van der Waals surface area contributed by atoms with Crippen molar-refractivity contribution in [2.75, 3.05) is 34.4 Å². The maximum atomic E-state index is 14.0. The van der Waals surface area contributed by atoms with Crippen molar-refractivity contribution >= 4 is 28.5 Å². The summed E-state index contributed by atoms with van der Waals surface area (Å²) in [4.78, 5) is 43.0. The smallest absolute Gasteiger partial charge is 0.249 e. The van der Waals surface area contributed by atoms with Crippen LogP contribution in [0.1, 0.15) is 24.5 Å². The van der Waals surface area contributed by atoms with Crippen LogP contribution in [0.5, 0.6) is 0 Å². The maximum Gasteiger partial charge on any atom is 0.249 e. The minimum Gasteiger partial charge on any atom is -0.370 e. The van der Waals surface area contributed by atoms with E-state index >= 15 is 0 Å². The Morgan fingerprint density at radius 2 is 1.49 bits per heavy atom. The number of rotatable bonds is 13. The van der Waals surface area contributed by atoms with Gasteiger partial charge in [-0.05, 0) is 28.3 Å². The number of hydrogen-bond acceptors (Lipinski definition) is 5. The molecule has 0 spiro atoms. The zero-order valence-electron chi connectivity index (χ0n) is 23.3. The second-order valence-electron chi connectivity index (χ2n) is 9.86. The van der Waals surface area contributed by atoms with Crippen molar-refractivity contribution in [1.82, 2.24) is 15.1 Å². The number of benzene rings is 3. The number of amides is 3. The second kappa shape index (κ2) is 14.4. The van der Waals surface area contributed by atoms with Crippen LogP contribution >= 0.6 is 0 Å². The first kappa shape index (κ1) is 29.8. The van der Waals surface area contributed by atoms with Gasteiger partial charge in [0.25, 0.3) is 0 Å². The summed E-state index contributed by atoms with van der Waals surface area (Å²) in [7, 11) is 4.78. The number of carbonyl (C=O) groups excluding carboxylic acids is 3. The molecule has 39 heavy (non-hydrogen) atoms. The summed E-state index contributed by atoms with van der Waals surface area (Å²) in [5.74, 6) is -0.927. The molecule has 0 aliphatic rings. The van der Waals surface area contributed by atoms with Gasteiger partial charge in [0.1, 0.15) is 18.7 Å². The molecule has 208 valence electrons. The Hall–Kier alpha value is -3.75. The molecule has 3 N–H and O–H groups in total. The van der Waals surface area contributed by atoms with Crippen LogP contribution in [0.4, 0.5) is 0 Å². The lowest BCUT2D eigenvalue weighted by Gasteiger charge is -2.34. The summed E-state index contributed by atoms with van der Waals surface area (Å²) in [5, 5.41) is 4.82. The van der Waals surface area contributed by atoms with E-state index in [9.17, 15) is 14.4 Å². The fourth-order valence-corrected chi connectivity index (χ4v) is 4.47. The molecule has 0 aliphatic heterocycles. The minimum atomic E-state index is -0.838. The highest BCUT2D eigenvalue weighted by molar-refractivity contribution is 5.92. The van der Waals surface area contributed by atoms with Crippen molar-refractivity contribution in [3.8, 4) is 0 Å². The third-order valence-electron chi connectivity index (χ3n) is 7.11. The standard InChI is InChI=1S/C31H40N4O4/c1-5-26(32)20-39-21-29(36)34(3)28(19-23-15-16-24-13-9-10-14-25(24)17-23)31(38)35(4)27(30(37)33-2)18-22-11-7-6-8-12-22/h6-17,26-28H,5,18-21,32H2,1-4H3,(H,33,37)/t26?,27?,28-/m1/s1. The number of ether oxygens (including phenoxy) is 1. The number of carbonyl (C=O) groups is 3. The van der Waals surface area contributed by atoms with E-state index in [0.717, 1.165) is 28.3 Å². The van der Waals surface area contributed by atoms with Crippen LogP contribution in [0.25, 0.3) is 10.8 Å². The molecule has 0 heterocycles. The van der Waals surface area contributed by atoms with E-state index in [-0.39, 0.29) is 43.4 Å². The van der Waals surface area contributed by atoms with Crippen LogP contribution in [-0.2, 0) is 32.0 Å². The average Bonchev–Trinajstić information content (AvgIpc) is 2.97. The zero-order valence-corrected chi connectivity index (χ0v) is 23.3. The van der Waals surface area contributed by atoms with E-state index < -0.39 is 12.1 Å². The van der Waals surface area contributed by atoms with E-state index in [1.54, 1.807) is 21.1 Å². The molecule has 0 bridgehead atoms. The van der Waals surface area contributed by atoms with Gasteiger partial charge in [-0.25, -0.2) is 0 Å². The molecule has 8 nitrogen and oxygen atoms in total. The van der Waals surface area contributed by atoms with E-state index in [0.29, 0.717) is 6.42 Å². The summed E-state index contributed by atoms with van der Waals surface area (Å²) >= 11 is 0. The molecular formula is C31H40N4O4. The predicted molar refractivity (Wildman–Crippen MR) is 154 cm³/mol. The zero-order chi connectivity index (χ0) is 28.4. The molecular weight excluding hydrogens is 492 g/mol. The number of likely N-dealkylation sites (N-methyl/N-ethyl adjacent to an activating group) is 3. The van der Waals surface area contributed by atoms with E-state index in [2.05, 4.69) is 5.32 Å². The summed E-state index contributed by atoms with van der Waals surface area (Å²) in [6.07, 6.45) is 1.37. The van der Waals surface area contributed by atoms with Gasteiger partial charge in [-0.2, -0.15) is 0 Å². The lowest BCUT2D eigenvalue weighted by atomic mass is 9.98. The van der Waals surface area contributed by atoms with Crippen molar-refractivity contribution in [3.05, 3.63) is 83.9 Å². The molecule has 0 aliphatic carbocycles. The number of nitrogens with one attached hydrogen (secondary N) is 1. The van der Waals surface area contributed by atoms with Gasteiger partial charge in [0.15, 0.2) is 0 Å². The van der Waals surface area contributed by atoms with Crippen molar-refractivity contribution in [1.29, 1.82) is 0 Å². The van der Waals surface area contributed by atoms with Crippen LogP contribution in [0.3, 0.4) is 0 Å². The van der Waals surface area contributed by atoms with Crippen molar-refractivity contribution < 1.29 is 19.1 Å². The molecule has 8 heteroatoms. The van der Waals surface area contributed by atoms with Crippen LogP contribution in [0.15, 0.2) is 72.8 Å². The first-order valence-corrected chi connectivity index (χ1v) is 13.3. The van der Waals surface area contributed by atoms with Crippen LogP contribution in [0.2, 0.25) is 0 Å². The molecule has 0 fully saturated rings. The van der Waals surface area contributed by atoms with E-state index in [1.807, 2.05) is 79.7 Å². The van der Waals surface area contributed by atoms with Crippen LogP contribution < -0.4 is 11.1 Å². The number of nitrogens with two attached hydrogens (primary N) is 1. The lowest BCUT2D eigenvalue weighted by molar-refractivity contribution is -0.149. The Morgan fingerprint density at radius 1 is 0.846 bits per heavy atom. The molecule has 3 aromatic rings. The Balaban J connectivity index is 1.88. The third kappa shape index (κ3) is 8.12. The number of fused-ring (bicyclic) bond motifs is 1. The maximum absolute atomic E-state index is 14.0. The molecule has 3 atom stereocenters. The minimum absolute atomic E-state index is 0.157. The van der Waals surface area contributed by atoms with Crippen molar-refractivity contribution in [2.24, 2.45) is 5.73 Å². The van der Waals surface area contributed by atoms with E-state index in [1.165, 1.54) is 9.80 Å². The SMILES string of the molecule is CCC(N)COCC(=O)N(C)[C@H](Cc1ccc2ccccc2c1)C(=O)N(C)C(Cc1ccccc1)C(=O)NC. The topological polar surface area (TPSA) is 105 Å². The molecule has 0 saturated heterocycles. The lowest BCUT2D eigenvalue weighted by Crippen LogP contribution is -2.56. The van der Waals surface area contributed by atoms with Gasteiger partial charge in [0.05, 0.1) is 6.61 Å². The molecule has 3 amide bonds. The monoisotopic (exact) mass is 532 g/mol. The van der Waals surface area contributed by atoms with Gasteiger partial charge in [0, 0.05) is 40.0 Å². The van der Waals surface area contributed by atoms with Crippen LogP contribution in [0, 0.1) is 0 Å². The normalized spacial score (nSPS) is 13.4. The van der Waals surface area contributed by atoms with Crippen molar-refractivity contribution in [2.45, 2.75) is 44.3 Å². The molecule has 3 aromatic carbocycles. The van der Waals surface area contributed by atoms with Gasteiger partial charge in [-0.1, -0.05) is 79.7 Å². The molecule has 0 radical (unpaired) electrons. The number of hydrogen-bond donors (Lipinski definition) is 2. The fourth-order valence-electron chi connectivity index (χ4n) is 4.47. The first-order valence-electron chi connectivity index (χ1n) is 13.3. The summed E-state index contributed by atoms with van der Waals surface area (Å²) in [6, 6.07) is 21.8. The summed E-state index contributed by atoms with van der Waals surface area (Å²) in [6.45, 7) is 2.03. The highest BCUT2D eigenvalue weighted by atomic mass is 16.5. The number of nitrogens with zero attached hydrogens (tertiary/aromatic N) is 2. The van der Waals surface area contributed by atoms with Crippen LogP contribution in [-0.4, -0.2) is 80.0 Å². The average molecular weight is 533 g/mol. The van der Waals surface area contributed by atoms with Gasteiger partial charge < -0.3 is 25.6 Å². The molecule has 3 rings (SSSR count). The van der Waals surface area contributed by atoms with Gasteiger partial charge >= 0.3 is 0 Å². The molecule has 2 unspecified atom stereocenters. The van der Waals surface area contributed by atoms with Crippen molar-refractivity contribution in [3.63, 3.8) is 0 Å². The Kier molecular flexibility index (Phi) is 11.0. The fraction of sp³-hybridized carbons (Fsp3) is 0.387. The first-order chi connectivity index (χ1) is 18.7. The largest absolute Gasteiger partial charge is 0.370 e. The Morgan fingerprint density at radius 3 is 2.15 bits per heavy atom. The van der Waals surface area contributed by atoms with Gasteiger partial charge in [-0.15, -0.1) is 0 Å². The predicted octanol–water partition coefficient (Wildman–Crippen LogP) is 2.78. The second-order valence-corrected chi connectivity index (χ2v) is 9.86. The Bertz CT molecular complexity index is 1250. The summed E-state index contributed by atoms with van der Waals surface area (Å²) in [5.41, 5.74) is 7.76.